The van der Waals surface area contributed by atoms with E-state index in [1.165, 1.54) is 0 Å². The molecule has 0 aromatic carbocycles. The Morgan fingerprint density at radius 3 is 2.67 bits per heavy atom. The molecule has 0 aromatic rings. The van der Waals surface area contributed by atoms with Gasteiger partial charge in [0.2, 0.25) is 5.91 Å². The predicted molar refractivity (Wildman–Crippen MR) is 34.8 cm³/mol. The minimum Gasteiger partial charge on any atom is -0.369 e. The Hall–Kier alpha value is -0.510. The van der Waals surface area contributed by atoms with E-state index in [4.69, 9.17) is 5.73 Å². The SMILES string of the molecule is NC(=O)C1CCC(=O)S1. The summed E-state index contributed by atoms with van der Waals surface area (Å²) in [5.74, 6) is -0.370. The summed E-state index contributed by atoms with van der Waals surface area (Å²) in [6, 6.07) is 0. The van der Waals surface area contributed by atoms with Crippen LogP contribution in [0.5, 0.6) is 0 Å². The van der Waals surface area contributed by atoms with Crippen LogP contribution >= 0.6 is 11.8 Å². The van der Waals surface area contributed by atoms with Crippen LogP contribution in [-0.2, 0) is 9.59 Å². The van der Waals surface area contributed by atoms with E-state index < -0.39 is 0 Å². The lowest BCUT2D eigenvalue weighted by atomic mass is 10.2. The fourth-order valence-electron chi connectivity index (χ4n) is 0.726. The third-order valence-corrected chi connectivity index (χ3v) is 2.42. The molecule has 0 bridgehead atoms. The summed E-state index contributed by atoms with van der Waals surface area (Å²) in [7, 11) is 0. The highest BCUT2D eigenvalue weighted by Gasteiger charge is 2.26. The minimum absolute atomic E-state index is 0.0822. The van der Waals surface area contributed by atoms with Crippen LogP contribution < -0.4 is 5.73 Å². The predicted octanol–water partition coefficient (Wildman–Crippen LogP) is -0.106. The van der Waals surface area contributed by atoms with Crippen molar-refractivity contribution in [1.29, 1.82) is 0 Å². The van der Waals surface area contributed by atoms with E-state index in [1.54, 1.807) is 0 Å². The second-order valence-electron chi connectivity index (χ2n) is 1.92. The van der Waals surface area contributed by atoms with E-state index in [2.05, 4.69) is 0 Å². The van der Waals surface area contributed by atoms with Crippen molar-refractivity contribution in [2.45, 2.75) is 18.1 Å². The molecule has 1 fully saturated rings. The second-order valence-corrected chi connectivity index (χ2v) is 3.18. The molecular formula is C5H7NO2S. The number of hydrogen-bond acceptors (Lipinski definition) is 3. The molecule has 0 aliphatic carbocycles. The summed E-state index contributed by atoms with van der Waals surface area (Å²) in [6.45, 7) is 0. The first-order chi connectivity index (χ1) is 4.20. The maximum absolute atomic E-state index is 10.5. The molecule has 1 atom stereocenters. The van der Waals surface area contributed by atoms with Gasteiger partial charge in [-0.1, -0.05) is 11.8 Å². The van der Waals surface area contributed by atoms with Crippen LogP contribution in [0.25, 0.3) is 0 Å². The fourth-order valence-corrected chi connectivity index (χ4v) is 1.63. The molecule has 1 amide bonds. The average Bonchev–Trinajstić information content (AvgIpc) is 2.14. The van der Waals surface area contributed by atoms with E-state index in [9.17, 15) is 9.59 Å². The van der Waals surface area contributed by atoms with Crippen LogP contribution in [-0.4, -0.2) is 16.3 Å². The summed E-state index contributed by atoms with van der Waals surface area (Å²) in [6.07, 6.45) is 1.12. The number of nitrogens with two attached hydrogens (primary N) is 1. The Labute approximate surface area is 57.0 Å². The minimum atomic E-state index is -0.370. The topological polar surface area (TPSA) is 60.2 Å². The van der Waals surface area contributed by atoms with Crippen LogP contribution in [0, 0.1) is 0 Å². The average molecular weight is 145 g/mol. The van der Waals surface area contributed by atoms with E-state index in [0.29, 0.717) is 12.8 Å². The molecule has 1 rings (SSSR count). The Balaban J connectivity index is 2.48. The molecule has 0 radical (unpaired) electrons. The molecule has 0 saturated carbocycles. The molecule has 3 nitrogen and oxygen atoms in total. The molecule has 50 valence electrons. The van der Waals surface area contributed by atoms with Crippen LogP contribution in [0.3, 0.4) is 0 Å². The molecule has 1 aliphatic heterocycles. The van der Waals surface area contributed by atoms with Crippen molar-refractivity contribution in [3.63, 3.8) is 0 Å². The van der Waals surface area contributed by atoms with Crippen LogP contribution in [0.2, 0.25) is 0 Å². The molecular weight excluding hydrogens is 138 g/mol. The van der Waals surface area contributed by atoms with Gasteiger partial charge in [-0.05, 0) is 6.42 Å². The maximum Gasteiger partial charge on any atom is 0.231 e. The van der Waals surface area contributed by atoms with Crippen molar-refractivity contribution in [2.24, 2.45) is 5.73 Å². The zero-order chi connectivity index (χ0) is 6.85. The van der Waals surface area contributed by atoms with Crippen molar-refractivity contribution < 1.29 is 9.59 Å². The quantitative estimate of drug-likeness (QED) is 0.560. The molecule has 0 spiro atoms. The molecule has 1 heterocycles. The Morgan fingerprint density at radius 1 is 1.78 bits per heavy atom. The van der Waals surface area contributed by atoms with Gasteiger partial charge in [0, 0.05) is 6.42 Å². The van der Waals surface area contributed by atoms with Crippen molar-refractivity contribution in [3.8, 4) is 0 Å². The number of amides is 1. The van der Waals surface area contributed by atoms with Gasteiger partial charge in [0.05, 0.1) is 5.25 Å². The summed E-state index contributed by atoms with van der Waals surface area (Å²) >= 11 is 1.06. The largest absolute Gasteiger partial charge is 0.369 e. The van der Waals surface area contributed by atoms with Gasteiger partial charge in [-0.25, -0.2) is 0 Å². The molecule has 4 heteroatoms. The number of hydrogen-bond donors (Lipinski definition) is 1. The standard InChI is InChI=1S/C5H7NO2S/c6-5(8)3-1-2-4(7)9-3/h3H,1-2H2,(H2,6,8). The first-order valence-electron chi connectivity index (χ1n) is 2.69. The second kappa shape index (κ2) is 2.39. The summed E-state index contributed by atoms with van der Waals surface area (Å²) in [5.41, 5.74) is 4.95. The lowest BCUT2D eigenvalue weighted by Gasteiger charge is -1.97. The van der Waals surface area contributed by atoms with Crippen molar-refractivity contribution in [3.05, 3.63) is 0 Å². The summed E-state index contributed by atoms with van der Waals surface area (Å²) in [4.78, 5) is 20.9. The number of carbonyl (C=O) groups is 2. The highest BCUT2D eigenvalue weighted by atomic mass is 32.2. The monoisotopic (exact) mass is 145 g/mol. The summed E-state index contributed by atoms with van der Waals surface area (Å²) in [5, 5.41) is -0.170. The molecule has 1 saturated heterocycles. The smallest absolute Gasteiger partial charge is 0.231 e. The van der Waals surface area contributed by atoms with E-state index in [1.807, 2.05) is 0 Å². The van der Waals surface area contributed by atoms with Gasteiger partial charge in [-0.2, -0.15) is 0 Å². The van der Waals surface area contributed by atoms with Gasteiger partial charge < -0.3 is 5.73 Å². The third kappa shape index (κ3) is 1.45. The normalized spacial score (nSPS) is 26.7. The first kappa shape index (κ1) is 6.61. The lowest BCUT2D eigenvalue weighted by Crippen LogP contribution is -2.22. The number of rotatable bonds is 1. The van der Waals surface area contributed by atoms with Crippen LogP contribution in [0.4, 0.5) is 0 Å². The van der Waals surface area contributed by atoms with Crippen LogP contribution in [0.1, 0.15) is 12.8 Å². The van der Waals surface area contributed by atoms with Crippen LogP contribution in [0.15, 0.2) is 0 Å². The highest BCUT2D eigenvalue weighted by molar-refractivity contribution is 8.15. The number of primary amides is 1. The van der Waals surface area contributed by atoms with Crippen molar-refractivity contribution in [2.75, 3.05) is 0 Å². The third-order valence-electron chi connectivity index (χ3n) is 1.20. The van der Waals surface area contributed by atoms with Gasteiger partial charge in [0.15, 0.2) is 5.12 Å². The maximum atomic E-state index is 10.5. The number of carbonyl (C=O) groups excluding carboxylic acids is 2. The van der Waals surface area contributed by atoms with E-state index in [0.717, 1.165) is 11.8 Å². The summed E-state index contributed by atoms with van der Waals surface area (Å²) < 4.78 is 0. The van der Waals surface area contributed by atoms with Gasteiger partial charge >= 0.3 is 0 Å². The van der Waals surface area contributed by atoms with E-state index in [-0.39, 0.29) is 16.3 Å². The van der Waals surface area contributed by atoms with Crippen molar-refractivity contribution >= 4 is 22.8 Å². The lowest BCUT2D eigenvalue weighted by molar-refractivity contribution is -0.117. The van der Waals surface area contributed by atoms with Gasteiger partial charge in [-0.15, -0.1) is 0 Å². The van der Waals surface area contributed by atoms with Crippen molar-refractivity contribution in [1.82, 2.24) is 0 Å². The zero-order valence-electron chi connectivity index (χ0n) is 4.79. The zero-order valence-corrected chi connectivity index (χ0v) is 5.61. The fraction of sp³-hybridized carbons (Fsp3) is 0.600. The number of thioether (sulfide) groups is 1. The van der Waals surface area contributed by atoms with Gasteiger partial charge in [0.25, 0.3) is 0 Å². The molecule has 1 unspecified atom stereocenters. The van der Waals surface area contributed by atoms with Gasteiger partial charge in [-0.3, -0.25) is 9.59 Å². The first-order valence-corrected chi connectivity index (χ1v) is 3.57. The Morgan fingerprint density at radius 2 is 2.44 bits per heavy atom. The Kier molecular flexibility index (Phi) is 1.75. The Bertz CT molecular complexity index is 157. The molecule has 2 N–H and O–H groups in total. The van der Waals surface area contributed by atoms with Gasteiger partial charge in [0.1, 0.15) is 0 Å². The molecule has 1 aliphatic rings. The molecule has 9 heavy (non-hydrogen) atoms. The molecule has 0 aromatic heterocycles. The van der Waals surface area contributed by atoms with E-state index >= 15 is 0 Å². The highest BCUT2D eigenvalue weighted by Crippen LogP contribution is 2.26.